The molecule has 0 spiro atoms. The minimum Gasteiger partial charge on any atom is -0.494 e. The molecule has 1 fully saturated rings. The quantitative estimate of drug-likeness (QED) is 0.772. The van der Waals surface area contributed by atoms with Crippen molar-refractivity contribution in [1.29, 1.82) is 0 Å². The molecule has 106 valence electrons. The van der Waals surface area contributed by atoms with E-state index in [9.17, 15) is 0 Å². The van der Waals surface area contributed by atoms with Gasteiger partial charge in [-0.05, 0) is 37.5 Å². The van der Waals surface area contributed by atoms with Crippen LogP contribution >= 0.6 is 11.6 Å². The number of halogens is 1. The zero-order valence-electron chi connectivity index (χ0n) is 11.4. The van der Waals surface area contributed by atoms with Crippen LogP contribution in [0.5, 0.6) is 5.75 Å². The zero-order chi connectivity index (χ0) is 13.3. The monoisotopic (exact) mass is 284 g/mol. The Morgan fingerprint density at radius 1 is 1.16 bits per heavy atom. The van der Waals surface area contributed by atoms with E-state index in [-0.39, 0.29) is 0 Å². The van der Waals surface area contributed by atoms with Crippen LogP contribution in [0.2, 0.25) is 5.02 Å². The maximum absolute atomic E-state index is 5.90. The smallest absolute Gasteiger partial charge is 0.120 e. The number of ether oxygens (including phenoxy) is 2. The molecule has 1 aromatic carbocycles. The molecule has 1 N–H and O–H groups in total. The summed E-state index contributed by atoms with van der Waals surface area (Å²) in [4.78, 5) is 1.68. The molecule has 1 heterocycles. The van der Waals surface area contributed by atoms with Crippen LogP contribution in [0.3, 0.4) is 0 Å². The van der Waals surface area contributed by atoms with E-state index in [1.54, 1.807) is 4.90 Å². The summed E-state index contributed by atoms with van der Waals surface area (Å²) in [6.45, 7) is 6.22. The molecule has 0 radical (unpaired) electrons. The van der Waals surface area contributed by atoms with Gasteiger partial charge < -0.3 is 14.4 Å². The SMILES string of the molecule is Clc1cccc(OCCCCC[NH+]2CCOCC2)c1. The van der Waals surface area contributed by atoms with E-state index >= 15 is 0 Å². The number of hydrogen-bond acceptors (Lipinski definition) is 2. The third-order valence-corrected chi connectivity index (χ3v) is 3.67. The molecule has 0 saturated carbocycles. The first kappa shape index (κ1) is 14.6. The third-order valence-electron chi connectivity index (χ3n) is 3.44. The lowest BCUT2D eigenvalue weighted by Gasteiger charge is -2.23. The summed E-state index contributed by atoms with van der Waals surface area (Å²) < 4.78 is 11.0. The van der Waals surface area contributed by atoms with Gasteiger partial charge >= 0.3 is 0 Å². The Morgan fingerprint density at radius 2 is 2.00 bits per heavy atom. The Kier molecular flexibility index (Phi) is 6.48. The highest BCUT2D eigenvalue weighted by atomic mass is 35.5. The highest BCUT2D eigenvalue weighted by molar-refractivity contribution is 6.30. The number of morpholine rings is 1. The van der Waals surface area contributed by atoms with Gasteiger partial charge in [-0.1, -0.05) is 17.7 Å². The number of quaternary nitrogens is 1. The summed E-state index contributed by atoms with van der Waals surface area (Å²) in [5, 5.41) is 0.730. The topological polar surface area (TPSA) is 22.9 Å². The van der Waals surface area contributed by atoms with Crippen LogP contribution in [-0.2, 0) is 4.74 Å². The number of hydrogen-bond donors (Lipinski definition) is 1. The molecule has 0 aromatic heterocycles. The van der Waals surface area contributed by atoms with Crippen LogP contribution < -0.4 is 9.64 Å². The Hall–Kier alpha value is -0.770. The summed E-state index contributed by atoms with van der Waals surface area (Å²) >= 11 is 5.90. The average Bonchev–Trinajstić information content (AvgIpc) is 2.44. The van der Waals surface area contributed by atoms with Crippen LogP contribution in [0.4, 0.5) is 0 Å². The van der Waals surface area contributed by atoms with Crippen LogP contribution in [0.1, 0.15) is 19.3 Å². The van der Waals surface area contributed by atoms with E-state index in [0.717, 1.165) is 37.0 Å². The van der Waals surface area contributed by atoms with Gasteiger partial charge in [-0.15, -0.1) is 0 Å². The molecule has 0 bridgehead atoms. The second-order valence-electron chi connectivity index (χ2n) is 4.98. The molecule has 4 heteroatoms. The first-order chi connectivity index (χ1) is 9.34. The fourth-order valence-electron chi connectivity index (χ4n) is 2.31. The van der Waals surface area contributed by atoms with E-state index in [4.69, 9.17) is 21.1 Å². The van der Waals surface area contributed by atoms with E-state index in [2.05, 4.69) is 0 Å². The van der Waals surface area contributed by atoms with Gasteiger partial charge in [0.2, 0.25) is 0 Å². The van der Waals surface area contributed by atoms with Gasteiger partial charge in [0.25, 0.3) is 0 Å². The summed E-state index contributed by atoms with van der Waals surface area (Å²) in [5.74, 6) is 0.867. The molecule has 3 nitrogen and oxygen atoms in total. The Labute approximate surface area is 120 Å². The average molecular weight is 285 g/mol. The van der Waals surface area contributed by atoms with Crippen molar-refractivity contribution in [3.63, 3.8) is 0 Å². The first-order valence-electron chi connectivity index (χ1n) is 7.14. The lowest BCUT2D eigenvalue weighted by Crippen LogP contribution is -3.14. The second kappa shape index (κ2) is 8.41. The number of unbranched alkanes of at least 4 members (excludes halogenated alkanes) is 2. The van der Waals surface area contributed by atoms with Crippen molar-refractivity contribution in [2.24, 2.45) is 0 Å². The molecule has 2 rings (SSSR count). The lowest BCUT2D eigenvalue weighted by atomic mass is 10.2. The minimum atomic E-state index is 0.730. The van der Waals surface area contributed by atoms with Crippen LogP contribution in [0.15, 0.2) is 24.3 Å². The molecule has 1 aliphatic heterocycles. The molecular formula is C15H23ClNO2+. The Morgan fingerprint density at radius 3 is 2.79 bits per heavy atom. The molecule has 1 aliphatic rings. The Balaban J connectivity index is 1.50. The van der Waals surface area contributed by atoms with Crippen molar-refractivity contribution in [1.82, 2.24) is 0 Å². The molecule has 0 unspecified atom stereocenters. The van der Waals surface area contributed by atoms with Gasteiger partial charge in [-0.2, -0.15) is 0 Å². The van der Waals surface area contributed by atoms with Gasteiger partial charge in [0.15, 0.2) is 0 Å². The zero-order valence-corrected chi connectivity index (χ0v) is 12.1. The maximum Gasteiger partial charge on any atom is 0.120 e. The van der Waals surface area contributed by atoms with Gasteiger partial charge in [-0.25, -0.2) is 0 Å². The third kappa shape index (κ3) is 5.81. The van der Waals surface area contributed by atoms with E-state index in [0.29, 0.717) is 0 Å². The molecule has 0 aliphatic carbocycles. The summed E-state index contributed by atoms with van der Waals surface area (Å²) in [6.07, 6.45) is 3.61. The lowest BCUT2D eigenvalue weighted by molar-refractivity contribution is -0.908. The predicted octanol–water partition coefficient (Wildman–Crippen LogP) is 1.80. The van der Waals surface area contributed by atoms with Crippen molar-refractivity contribution < 1.29 is 14.4 Å². The van der Waals surface area contributed by atoms with Crippen molar-refractivity contribution in [3.8, 4) is 5.75 Å². The van der Waals surface area contributed by atoms with Gasteiger partial charge in [-0.3, -0.25) is 0 Å². The standard InChI is InChI=1S/C15H22ClNO2/c16-14-5-4-6-15(13-14)19-10-3-1-2-7-17-8-11-18-12-9-17/h4-6,13H,1-3,7-12H2/p+1. The van der Waals surface area contributed by atoms with Crippen molar-refractivity contribution >= 4 is 11.6 Å². The molecule has 1 saturated heterocycles. The van der Waals surface area contributed by atoms with Gasteiger partial charge in [0, 0.05) is 5.02 Å². The molecule has 0 atom stereocenters. The van der Waals surface area contributed by atoms with Gasteiger partial charge in [0.05, 0.1) is 26.4 Å². The molecular weight excluding hydrogens is 262 g/mol. The number of rotatable bonds is 7. The largest absolute Gasteiger partial charge is 0.494 e. The Bertz CT molecular complexity index is 367. The first-order valence-corrected chi connectivity index (χ1v) is 7.52. The normalized spacial score (nSPS) is 16.5. The number of benzene rings is 1. The molecule has 1 aromatic rings. The maximum atomic E-state index is 5.90. The predicted molar refractivity (Wildman–Crippen MR) is 77.2 cm³/mol. The van der Waals surface area contributed by atoms with E-state index in [1.807, 2.05) is 24.3 Å². The molecule has 19 heavy (non-hydrogen) atoms. The van der Waals surface area contributed by atoms with Crippen LogP contribution in [0, 0.1) is 0 Å². The fraction of sp³-hybridized carbons (Fsp3) is 0.600. The van der Waals surface area contributed by atoms with Crippen molar-refractivity contribution in [2.75, 3.05) is 39.5 Å². The highest BCUT2D eigenvalue weighted by Crippen LogP contribution is 2.17. The summed E-state index contributed by atoms with van der Waals surface area (Å²) in [5.41, 5.74) is 0. The van der Waals surface area contributed by atoms with E-state index in [1.165, 1.54) is 32.5 Å². The number of nitrogens with one attached hydrogen (secondary N) is 1. The van der Waals surface area contributed by atoms with E-state index < -0.39 is 0 Å². The van der Waals surface area contributed by atoms with Crippen molar-refractivity contribution in [3.05, 3.63) is 29.3 Å². The van der Waals surface area contributed by atoms with Crippen molar-refractivity contribution in [2.45, 2.75) is 19.3 Å². The fourth-order valence-corrected chi connectivity index (χ4v) is 2.49. The summed E-state index contributed by atoms with van der Waals surface area (Å²) in [6, 6.07) is 7.59. The van der Waals surface area contributed by atoms with Gasteiger partial charge in [0.1, 0.15) is 18.8 Å². The minimum absolute atomic E-state index is 0.730. The van der Waals surface area contributed by atoms with Crippen LogP contribution in [0.25, 0.3) is 0 Å². The highest BCUT2D eigenvalue weighted by Gasteiger charge is 2.12. The van der Waals surface area contributed by atoms with Crippen LogP contribution in [-0.4, -0.2) is 39.5 Å². The second-order valence-corrected chi connectivity index (χ2v) is 5.42. The molecule has 0 amide bonds. The summed E-state index contributed by atoms with van der Waals surface area (Å²) in [7, 11) is 0.